The zero-order valence-corrected chi connectivity index (χ0v) is 14.2. The molecule has 136 valence electrons. The summed E-state index contributed by atoms with van der Waals surface area (Å²) in [6, 6.07) is 3.30. The van der Waals surface area contributed by atoms with E-state index in [1.807, 2.05) is 13.0 Å². The second kappa shape index (κ2) is 9.96. The van der Waals surface area contributed by atoms with Crippen molar-refractivity contribution in [2.45, 2.75) is 26.1 Å². The Morgan fingerprint density at radius 1 is 1.24 bits per heavy atom. The van der Waals surface area contributed by atoms with Crippen LogP contribution in [0.25, 0.3) is 0 Å². The molecule has 1 aliphatic rings. The second-order valence-electron chi connectivity index (χ2n) is 5.46. The summed E-state index contributed by atoms with van der Waals surface area (Å²) >= 11 is 0. The lowest BCUT2D eigenvalue weighted by molar-refractivity contribution is 0.0965. The minimum Gasteiger partial charge on any atom is -0.494 e. The highest BCUT2D eigenvalue weighted by Gasteiger charge is 2.16. The second-order valence-corrected chi connectivity index (χ2v) is 5.46. The van der Waals surface area contributed by atoms with E-state index in [-0.39, 0.29) is 24.9 Å². The first kappa shape index (κ1) is 19.1. The largest absolute Gasteiger partial charge is 0.494 e. The van der Waals surface area contributed by atoms with Crippen molar-refractivity contribution in [3.63, 3.8) is 0 Å². The lowest BCUT2D eigenvalue weighted by Crippen LogP contribution is -2.24. The van der Waals surface area contributed by atoms with Gasteiger partial charge >= 0.3 is 0 Å². The Bertz CT molecular complexity index is 656. The molecule has 6 heteroatoms. The molecule has 1 aromatic carbocycles. The van der Waals surface area contributed by atoms with Crippen molar-refractivity contribution in [1.29, 1.82) is 0 Å². The predicted octanol–water partition coefficient (Wildman–Crippen LogP) is 3.59. The molecule has 0 aromatic heterocycles. The van der Waals surface area contributed by atoms with E-state index in [9.17, 15) is 8.78 Å². The van der Waals surface area contributed by atoms with Crippen molar-refractivity contribution in [2.75, 3.05) is 19.8 Å². The Morgan fingerprint density at radius 3 is 2.80 bits per heavy atom. The van der Waals surface area contributed by atoms with Gasteiger partial charge in [-0.1, -0.05) is 12.2 Å². The molecule has 25 heavy (non-hydrogen) atoms. The molecule has 0 saturated heterocycles. The van der Waals surface area contributed by atoms with Crippen molar-refractivity contribution in [3.05, 3.63) is 71.2 Å². The SMILES string of the molecule is CCOC1=CCC(OC/C=C/COCc2cc(F)ccc2F)C(N)=C1. The fourth-order valence-corrected chi connectivity index (χ4v) is 2.31. The zero-order chi connectivity index (χ0) is 18.1. The van der Waals surface area contributed by atoms with Gasteiger partial charge in [-0.05, 0) is 31.2 Å². The first-order valence-corrected chi connectivity index (χ1v) is 8.18. The molecule has 0 amide bonds. The maximum absolute atomic E-state index is 13.4. The minimum atomic E-state index is -0.483. The van der Waals surface area contributed by atoms with Gasteiger partial charge in [-0.15, -0.1) is 0 Å². The van der Waals surface area contributed by atoms with Gasteiger partial charge < -0.3 is 19.9 Å². The third kappa shape index (κ3) is 6.32. The molecule has 0 heterocycles. The summed E-state index contributed by atoms with van der Waals surface area (Å²) in [5, 5.41) is 0. The molecule has 2 rings (SSSR count). The molecule has 2 N–H and O–H groups in total. The van der Waals surface area contributed by atoms with E-state index in [0.717, 1.165) is 24.0 Å². The molecule has 1 atom stereocenters. The number of allylic oxidation sites excluding steroid dienone is 1. The van der Waals surface area contributed by atoms with E-state index in [4.69, 9.17) is 19.9 Å². The summed E-state index contributed by atoms with van der Waals surface area (Å²) in [6.45, 7) is 3.20. The summed E-state index contributed by atoms with van der Waals surface area (Å²) in [4.78, 5) is 0. The van der Waals surface area contributed by atoms with Crippen LogP contribution in [0.4, 0.5) is 8.78 Å². The van der Waals surface area contributed by atoms with Crippen LogP contribution in [0.15, 0.2) is 54.0 Å². The standard InChI is InChI=1S/C19H23F2NO3/c1-2-24-16-6-8-19(18(22)12-16)25-10-4-3-9-23-13-14-11-15(20)5-7-17(14)21/h3-7,11-12,19H,2,8-10,13,22H2,1H3/b4-3+. The van der Waals surface area contributed by atoms with Gasteiger partial charge in [-0.2, -0.15) is 0 Å². The molecule has 1 unspecified atom stereocenters. The van der Waals surface area contributed by atoms with Crippen LogP contribution >= 0.6 is 0 Å². The number of hydrogen-bond donors (Lipinski definition) is 1. The monoisotopic (exact) mass is 351 g/mol. The third-order valence-corrected chi connectivity index (χ3v) is 3.56. The van der Waals surface area contributed by atoms with Gasteiger partial charge in [0.15, 0.2) is 0 Å². The smallest absolute Gasteiger partial charge is 0.128 e. The molecular weight excluding hydrogens is 328 g/mol. The Labute approximate surface area is 146 Å². The van der Waals surface area contributed by atoms with Crippen LogP contribution in [-0.2, 0) is 20.8 Å². The van der Waals surface area contributed by atoms with Crippen LogP contribution < -0.4 is 5.73 Å². The molecule has 4 nitrogen and oxygen atoms in total. The lowest BCUT2D eigenvalue weighted by atomic mass is 10.1. The lowest BCUT2D eigenvalue weighted by Gasteiger charge is -2.20. The van der Waals surface area contributed by atoms with Crippen molar-refractivity contribution in [3.8, 4) is 0 Å². The number of nitrogens with two attached hydrogens (primary N) is 1. The van der Waals surface area contributed by atoms with E-state index < -0.39 is 11.6 Å². The molecule has 0 saturated carbocycles. The summed E-state index contributed by atoms with van der Waals surface area (Å²) < 4.78 is 42.8. The zero-order valence-electron chi connectivity index (χ0n) is 14.2. The van der Waals surface area contributed by atoms with Crippen molar-refractivity contribution in [2.24, 2.45) is 5.73 Å². The van der Waals surface area contributed by atoms with Gasteiger partial charge in [0.25, 0.3) is 0 Å². The summed E-state index contributed by atoms with van der Waals surface area (Å²) in [5.74, 6) is -0.190. The molecule has 0 fully saturated rings. The average Bonchev–Trinajstić information content (AvgIpc) is 2.59. The topological polar surface area (TPSA) is 53.7 Å². The van der Waals surface area contributed by atoms with Gasteiger partial charge in [0.05, 0.1) is 26.4 Å². The highest BCUT2D eigenvalue weighted by Crippen LogP contribution is 2.18. The Balaban J connectivity index is 1.64. The molecule has 0 spiro atoms. The Hall–Kier alpha value is -2.18. The number of halogens is 2. The van der Waals surface area contributed by atoms with E-state index in [2.05, 4.69) is 0 Å². The minimum absolute atomic E-state index is 0.0120. The van der Waals surface area contributed by atoms with E-state index in [0.29, 0.717) is 25.3 Å². The summed E-state index contributed by atoms with van der Waals surface area (Å²) in [6.07, 6.45) is 7.79. The first-order chi connectivity index (χ1) is 12.1. The molecule has 0 bridgehead atoms. The summed E-state index contributed by atoms with van der Waals surface area (Å²) in [7, 11) is 0. The molecule has 0 aliphatic heterocycles. The molecular formula is C19H23F2NO3. The highest BCUT2D eigenvalue weighted by molar-refractivity contribution is 5.25. The Kier molecular flexibility index (Phi) is 7.63. The third-order valence-electron chi connectivity index (χ3n) is 3.56. The quantitative estimate of drug-likeness (QED) is 0.546. The van der Waals surface area contributed by atoms with Crippen molar-refractivity contribution >= 4 is 0 Å². The van der Waals surface area contributed by atoms with Crippen LogP contribution in [0, 0.1) is 11.6 Å². The normalized spacial score (nSPS) is 17.5. The number of benzene rings is 1. The first-order valence-electron chi connectivity index (χ1n) is 8.18. The van der Waals surface area contributed by atoms with E-state index in [1.165, 1.54) is 0 Å². The van der Waals surface area contributed by atoms with E-state index in [1.54, 1.807) is 18.2 Å². The van der Waals surface area contributed by atoms with Gasteiger partial charge in [0, 0.05) is 23.8 Å². The van der Waals surface area contributed by atoms with Gasteiger partial charge in [0.2, 0.25) is 0 Å². The molecule has 0 radical (unpaired) electrons. The van der Waals surface area contributed by atoms with Gasteiger partial charge in [-0.3, -0.25) is 0 Å². The fourth-order valence-electron chi connectivity index (χ4n) is 2.31. The fraction of sp³-hybridized carbons (Fsp3) is 0.368. The van der Waals surface area contributed by atoms with Crippen LogP contribution in [0.3, 0.4) is 0 Å². The number of rotatable bonds is 9. The van der Waals surface area contributed by atoms with Crippen LogP contribution in [0.1, 0.15) is 18.9 Å². The van der Waals surface area contributed by atoms with Crippen LogP contribution in [-0.4, -0.2) is 25.9 Å². The molecule has 1 aliphatic carbocycles. The van der Waals surface area contributed by atoms with E-state index >= 15 is 0 Å². The highest BCUT2D eigenvalue weighted by atomic mass is 19.1. The van der Waals surface area contributed by atoms with Crippen LogP contribution in [0.2, 0.25) is 0 Å². The van der Waals surface area contributed by atoms with Crippen molar-refractivity contribution < 1.29 is 23.0 Å². The maximum Gasteiger partial charge on any atom is 0.128 e. The average molecular weight is 351 g/mol. The van der Waals surface area contributed by atoms with Gasteiger partial charge in [0.1, 0.15) is 23.5 Å². The summed E-state index contributed by atoms with van der Waals surface area (Å²) in [5.41, 5.74) is 6.79. The van der Waals surface area contributed by atoms with Crippen LogP contribution in [0.5, 0.6) is 0 Å². The van der Waals surface area contributed by atoms with Gasteiger partial charge in [-0.25, -0.2) is 8.78 Å². The Morgan fingerprint density at radius 2 is 2.04 bits per heavy atom. The predicted molar refractivity (Wildman–Crippen MR) is 91.5 cm³/mol. The number of hydrogen-bond acceptors (Lipinski definition) is 4. The van der Waals surface area contributed by atoms with Crippen molar-refractivity contribution in [1.82, 2.24) is 0 Å². The molecule has 1 aromatic rings. The maximum atomic E-state index is 13.4. The number of ether oxygens (including phenoxy) is 3.